The molecule has 0 aromatic heterocycles. The lowest BCUT2D eigenvalue weighted by molar-refractivity contribution is -0.134. The van der Waals surface area contributed by atoms with Gasteiger partial charge >= 0.3 is 5.97 Å². The van der Waals surface area contributed by atoms with Gasteiger partial charge in [-0.2, -0.15) is 5.10 Å². The predicted molar refractivity (Wildman–Crippen MR) is 92.2 cm³/mol. The molecule has 0 N–H and O–H groups in total. The Labute approximate surface area is 149 Å². The lowest BCUT2D eigenvalue weighted by atomic mass is 10.1. The number of carbonyl (C=O) groups is 2. The number of hydrazone groups is 1. The van der Waals surface area contributed by atoms with Crippen LogP contribution in [0.3, 0.4) is 0 Å². The highest BCUT2D eigenvalue weighted by Crippen LogP contribution is 2.32. The quantitative estimate of drug-likeness (QED) is 0.789. The van der Waals surface area contributed by atoms with Crippen LogP contribution < -0.4 is 9.47 Å². The fourth-order valence-corrected chi connectivity index (χ4v) is 2.78. The second-order valence-electron chi connectivity index (χ2n) is 5.82. The molecule has 0 spiro atoms. The Kier molecular flexibility index (Phi) is 4.27. The van der Waals surface area contributed by atoms with Gasteiger partial charge in [0, 0.05) is 6.42 Å². The first kappa shape index (κ1) is 16.1. The Morgan fingerprint density at radius 2 is 1.88 bits per heavy atom. The smallest absolute Gasteiger partial charge is 0.338 e. The highest BCUT2D eigenvalue weighted by Gasteiger charge is 2.23. The third-order valence-electron chi connectivity index (χ3n) is 4.13. The zero-order chi connectivity index (χ0) is 17.9. The third-order valence-corrected chi connectivity index (χ3v) is 4.13. The Balaban J connectivity index is 1.35. The highest BCUT2D eigenvalue weighted by molar-refractivity contribution is 6.02. The molecule has 2 aromatic carbocycles. The van der Waals surface area contributed by atoms with Gasteiger partial charge in [-0.1, -0.05) is 30.3 Å². The van der Waals surface area contributed by atoms with E-state index in [0.29, 0.717) is 30.0 Å². The van der Waals surface area contributed by atoms with Crippen molar-refractivity contribution in [3.05, 3.63) is 59.7 Å². The summed E-state index contributed by atoms with van der Waals surface area (Å²) in [6.07, 6.45) is 0.672. The lowest BCUT2D eigenvalue weighted by Crippen LogP contribution is -2.28. The molecule has 132 valence electrons. The van der Waals surface area contributed by atoms with Gasteiger partial charge in [-0.25, -0.2) is 9.80 Å². The molecule has 0 unspecified atom stereocenters. The summed E-state index contributed by atoms with van der Waals surface area (Å²) < 4.78 is 15.5. The molecule has 7 nitrogen and oxygen atoms in total. The van der Waals surface area contributed by atoms with Gasteiger partial charge < -0.3 is 14.2 Å². The minimum Gasteiger partial charge on any atom is -0.454 e. The van der Waals surface area contributed by atoms with E-state index in [1.54, 1.807) is 12.1 Å². The predicted octanol–water partition coefficient (Wildman–Crippen LogP) is 2.21. The first-order valence-electron chi connectivity index (χ1n) is 8.21. The molecule has 2 aromatic rings. The van der Waals surface area contributed by atoms with E-state index in [4.69, 9.17) is 14.2 Å². The number of benzene rings is 2. The number of rotatable bonds is 4. The average molecular weight is 352 g/mol. The van der Waals surface area contributed by atoms with Crippen molar-refractivity contribution in [3.63, 3.8) is 0 Å². The van der Waals surface area contributed by atoms with E-state index >= 15 is 0 Å². The molecule has 2 aliphatic heterocycles. The van der Waals surface area contributed by atoms with Crippen molar-refractivity contribution in [1.82, 2.24) is 5.01 Å². The van der Waals surface area contributed by atoms with E-state index in [1.165, 1.54) is 11.1 Å². The van der Waals surface area contributed by atoms with Gasteiger partial charge in [0.15, 0.2) is 18.1 Å². The van der Waals surface area contributed by atoms with Gasteiger partial charge in [0.25, 0.3) is 5.91 Å². The van der Waals surface area contributed by atoms with Crippen molar-refractivity contribution in [3.8, 4) is 11.5 Å². The summed E-state index contributed by atoms with van der Waals surface area (Å²) in [5.41, 5.74) is 2.14. The highest BCUT2D eigenvalue weighted by atomic mass is 16.7. The molecule has 0 saturated heterocycles. The SMILES string of the molecule is O=C(OCC(=O)N1CCC(c2ccccc2)=N1)c1ccc2c(c1)OCO2. The van der Waals surface area contributed by atoms with Gasteiger partial charge in [-0.3, -0.25) is 4.79 Å². The van der Waals surface area contributed by atoms with Crippen molar-refractivity contribution in [2.75, 3.05) is 19.9 Å². The second-order valence-corrected chi connectivity index (χ2v) is 5.82. The molecule has 0 aliphatic carbocycles. The maximum absolute atomic E-state index is 12.2. The average Bonchev–Trinajstić information content (AvgIpc) is 3.35. The number of fused-ring (bicyclic) bond motifs is 1. The van der Waals surface area contributed by atoms with Gasteiger partial charge in [0.2, 0.25) is 6.79 Å². The Morgan fingerprint density at radius 1 is 1.08 bits per heavy atom. The largest absolute Gasteiger partial charge is 0.454 e. The van der Waals surface area contributed by atoms with Crippen molar-refractivity contribution < 1.29 is 23.8 Å². The standard InChI is InChI=1S/C19H16N2O5/c22-18(21-9-8-15(20-21)13-4-2-1-3-5-13)11-24-19(23)14-6-7-16-17(10-14)26-12-25-16/h1-7,10H,8-9,11-12H2. The van der Waals surface area contributed by atoms with Crippen molar-refractivity contribution in [2.45, 2.75) is 6.42 Å². The van der Waals surface area contributed by atoms with E-state index in [1.807, 2.05) is 30.3 Å². The van der Waals surface area contributed by atoms with Crippen LogP contribution in [0.15, 0.2) is 53.6 Å². The lowest BCUT2D eigenvalue weighted by Gasteiger charge is -2.11. The summed E-state index contributed by atoms with van der Waals surface area (Å²) in [6.45, 7) is 0.243. The normalized spacial score (nSPS) is 14.9. The van der Waals surface area contributed by atoms with Crippen LogP contribution >= 0.6 is 0 Å². The van der Waals surface area contributed by atoms with Crippen LogP contribution in [-0.2, 0) is 9.53 Å². The number of carbonyl (C=O) groups excluding carboxylic acids is 2. The van der Waals surface area contributed by atoms with Crippen LogP contribution in [0.2, 0.25) is 0 Å². The van der Waals surface area contributed by atoms with Crippen LogP contribution in [0.1, 0.15) is 22.3 Å². The minimum atomic E-state index is -0.594. The molecule has 7 heteroatoms. The van der Waals surface area contributed by atoms with Crippen LogP contribution in [0.25, 0.3) is 0 Å². The Hall–Kier alpha value is -3.35. The summed E-state index contributed by atoms with van der Waals surface area (Å²) in [4.78, 5) is 24.4. The fraction of sp³-hybridized carbons (Fsp3) is 0.211. The molecular formula is C19H16N2O5. The van der Waals surface area contributed by atoms with Crippen molar-refractivity contribution in [2.24, 2.45) is 5.10 Å². The maximum Gasteiger partial charge on any atom is 0.338 e. The molecule has 0 radical (unpaired) electrons. The van der Waals surface area contributed by atoms with Crippen molar-refractivity contribution in [1.29, 1.82) is 0 Å². The molecule has 0 fully saturated rings. The van der Waals surface area contributed by atoms with Crippen LogP contribution in [0.5, 0.6) is 11.5 Å². The number of hydrogen-bond donors (Lipinski definition) is 0. The van der Waals surface area contributed by atoms with Gasteiger partial charge in [0.1, 0.15) is 0 Å². The summed E-state index contributed by atoms with van der Waals surface area (Å²) in [7, 11) is 0. The first-order chi connectivity index (χ1) is 12.7. The van der Waals surface area contributed by atoms with E-state index in [2.05, 4.69) is 5.10 Å². The second kappa shape index (κ2) is 6.87. The summed E-state index contributed by atoms with van der Waals surface area (Å²) in [6, 6.07) is 14.4. The molecule has 26 heavy (non-hydrogen) atoms. The van der Waals surface area contributed by atoms with E-state index in [-0.39, 0.29) is 19.3 Å². The molecule has 4 rings (SSSR count). The molecule has 0 saturated carbocycles. The monoisotopic (exact) mass is 352 g/mol. The van der Waals surface area contributed by atoms with E-state index < -0.39 is 5.97 Å². The Bertz CT molecular complexity index is 879. The Morgan fingerprint density at radius 3 is 2.73 bits per heavy atom. The number of nitrogens with zero attached hydrogens (tertiary/aromatic N) is 2. The summed E-state index contributed by atoms with van der Waals surface area (Å²) >= 11 is 0. The van der Waals surface area contributed by atoms with Crippen LogP contribution in [0, 0.1) is 0 Å². The van der Waals surface area contributed by atoms with Gasteiger partial charge in [-0.15, -0.1) is 0 Å². The molecule has 2 aliphatic rings. The summed E-state index contributed by atoms with van der Waals surface area (Å²) in [5.74, 6) is 0.119. The summed E-state index contributed by atoms with van der Waals surface area (Å²) in [5, 5.41) is 5.67. The first-order valence-corrected chi connectivity index (χ1v) is 8.21. The molecule has 1 amide bonds. The third kappa shape index (κ3) is 3.23. The van der Waals surface area contributed by atoms with E-state index in [0.717, 1.165) is 11.3 Å². The molecule has 2 heterocycles. The number of esters is 1. The zero-order valence-electron chi connectivity index (χ0n) is 13.9. The molecule has 0 atom stereocenters. The molecular weight excluding hydrogens is 336 g/mol. The van der Waals surface area contributed by atoms with Gasteiger partial charge in [0.05, 0.1) is 17.8 Å². The minimum absolute atomic E-state index is 0.128. The number of ether oxygens (including phenoxy) is 3. The maximum atomic E-state index is 12.2. The van der Waals surface area contributed by atoms with E-state index in [9.17, 15) is 9.59 Å². The van der Waals surface area contributed by atoms with Crippen molar-refractivity contribution >= 4 is 17.6 Å². The topological polar surface area (TPSA) is 77.4 Å². The van der Waals surface area contributed by atoms with Crippen LogP contribution in [0.4, 0.5) is 0 Å². The molecule has 0 bridgehead atoms. The van der Waals surface area contributed by atoms with Crippen LogP contribution in [-0.4, -0.2) is 42.5 Å². The zero-order valence-corrected chi connectivity index (χ0v) is 13.9. The number of hydrogen-bond acceptors (Lipinski definition) is 6. The fourth-order valence-electron chi connectivity index (χ4n) is 2.78. The van der Waals surface area contributed by atoms with Gasteiger partial charge in [-0.05, 0) is 23.8 Å². The number of amides is 1.